The molecule has 150 valence electrons. The highest BCUT2D eigenvalue weighted by molar-refractivity contribution is 5.41. The van der Waals surface area contributed by atoms with Gasteiger partial charge in [-0.3, -0.25) is 0 Å². The van der Waals surface area contributed by atoms with Crippen LogP contribution < -0.4 is 9.64 Å². The number of aromatic nitrogens is 2. The quantitative estimate of drug-likeness (QED) is 0.786. The fourth-order valence-electron chi connectivity index (χ4n) is 4.74. The molecule has 2 unspecified atom stereocenters. The van der Waals surface area contributed by atoms with E-state index in [0.717, 1.165) is 31.9 Å². The van der Waals surface area contributed by atoms with E-state index < -0.39 is 0 Å². The summed E-state index contributed by atoms with van der Waals surface area (Å²) in [5.41, 5.74) is 2.41. The van der Waals surface area contributed by atoms with E-state index >= 15 is 0 Å². The molecule has 2 atom stereocenters. The molecule has 0 radical (unpaired) electrons. The van der Waals surface area contributed by atoms with Crippen molar-refractivity contribution >= 4 is 5.95 Å². The number of anilines is 1. The molecule has 0 amide bonds. The van der Waals surface area contributed by atoms with E-state index in [1.807, 2.05) is 18.3 Å². The number of phenols is 1. The number of rotatable bonds is 6. The molecular weight excluding hydrogens is 350 g/mol. The van der Waals surface area contributed by atoms with Gasteiger partial charge in [-0.1, -0.05) is 18.9 Å². The third kappa shape index (κ3) is 4.40. The molecule has 2 aliphatic rings. The average molecular weight is 382 g/mol. The van der Waals surface area contributed by atoms with Gasteiger partial charge in [-0.2, -0.15) is 0 Å². The Morgan fingerprint density at radius 2 is 2.00 bits per heavy atom. The summed E-state index contributed by atoms with van der Waals surface area (Å²) in [6, 6.07) is 7.88. The summed E-state index contributed by atoms with van der Waals surface area (Å²) in [4.78, 5) is 11.8. The second-order valence-corrected chi connectivity index (χ2v) is 8.25. The lowest BCUT2D eigenvalue weighted by atomic mass is 9.77. The molecule has 2 fully saturated rings. The molecule has 1 aromatic carbocycles. The molecule has 5 heteroatoms. The molecule has 1 saturated heterocycles. The molecule has 0 bridgehead atoms. The van der Waals surface area contributed by atoms with Crippen LogP contribution in [0.3, 0.4) is 0 Å². The third-order valence-corrected chi connectivity index (χ3v) is 6.34. The number of benzene rings is 1. The Bertz CT molecular complexity index is 789. The van der Waals surface area contributed by atoms with E-state index in [1.54, 1.807) is 7.11 Å². The zero-order valence-electron chi connectivity index (χ0n) is 16.8. The standard InChI is InChI=1S/C23H31N3O2/c1-28-22-10-9-18(16-21(22)27)8-7-17-5-4-6-19(15-17)20-11-12-24-23(25-20)26-13-2-3-14-26/h9-12,16-17,19,27H,2-8,13-15H2,1H3. The smallest absolute Gasteiger partial charge is 0.225 e. The number of ether oxygens (including phenoxy) is 1. The maximum absolute atomic E-state index is 9.99. The van der Waals surface area contributed by atoms with Crippen LogP contribution in [0.2, 0.25) is 0 Å². The SMILES string of the molecule is COc1ccc(CCC2CCCC(c3ccnc(N4CCCC4)n3)C2)cc1O. The summed E-state index contributed by atoms with van der Waals surface area (Å²) in [5.74, 6) is 2.96. The second-order valence-electron chi connectivity index (χ2n) is 8.25. The number of aromatic hydroxyl groups is 1. The molecule has 28 heavy (non-hydrogen) atoms. The summed E-state index contributed by atoms with van der Waals surface area (Å²) in [6.07, 6.45) is 11.6. The van der Waals surface area contributed by atoms with Gasteiger partial charge < -0.3 is 14.7 Å². The number of hydrogen-bond donors (Lipinski definition) is 1. The Labute approximate surface area is 167 Å². The largest absolute Gasteiger partial charge is 0.504 e. The Morgan fingerprint density at radius 1 is 1.14 bits per heavy atom. The maximum atomic E-state index is 9.99. The lowest BCUT2D eigenvalue weighted by molar-refractivity contribution is 0.302. The fourth-order valence-corrected chi connectivity index (χ4v) is 4.74. The zero-order valence-corrected chi connectivity index (χ0v) is 16.8. The van der Waals surface area contributed by atoms with Crippen LogP contribution in [0.4, 0.5) is 5.95 Å². The number of hydrogen-bond acceptors (Lipinski definition) is 5. The molecule has 1 saturated carbocycles. The molecule has 2 heterocycles. The lowest BCUT2D eigenvalue weighted by Crippen LogP contribution is -2.22. The van der Waals surface area contributed by atoms with Gasteiger partial charge in [0.15, 0.2) is 11.5 Å². The van der Waals surface area contributed by atoms with Gasteiger partial charge in [-0.25, -0.2) is 9.97 Å². The topological polar surface area (TPSA) is 58.5 Å². The van der Waals surface area contributed by atoms with Gasteiger partial charge in [0.1, 0.15) is 0 Å². The normalized spacial score (nSPS) is 22.4. The number of methoxy groups -OCH3 is 1. The Morgan fingerprint density at radius 3 is 2.79 bits per heavy atom. The van der Waals surface area contributed by atoms with Crippen LogP contribution in [0.5, 0.6) is 11.5 Å². The first-order valence-electron chi connectivity index (χ1n) is 10.7. The van der Waals surface area contributed by atoms with Crippen LogP contribution in [-0.2, 0) is 6.42 Å². The van der Waals surface area contributed by atoms with Gasteiger partial charge in [0, 0.05) is 30.9 Å². The minimum atomic E-state index is 0.233. The van der Waals surface area contributed by atoms with Crippen molar-refractivity contribution in [2.75, 3.05) is 25.1 Å². The van der Waals surface area contributed by atoms with Crippen molar-refractivity contribution in [3.05, 3.63) is 41.7 Å². The monoisotopic (exact) mass is 381 g/mol. The molecule has 5 nitrogen and oxygen atoms in total. The third-order valence-electron chi connectivity index (χ3n) is 6.34. The summed E-state index contributed by atoms with van der Waals surface area (Å²) in [7, 11) is 1.58. The summed E-state index contributed by atoms with van der Waals surface area (Å²) >= 11 is 0. The van der Waals surface area contributed by atoms with Crippen LogP contribution in [-0.4, -0.2) is 35.3 Å². The van der Waals surface area contributed by atoms with Crippen LogP contribution in [0, 0.1) is 5.92 Å². The van der Waals surface area contributed by atoms with E-state index in [9.17, 15) is 5.11 Å². The molecule has 2 aromatic rings. The van der Waals surface area contributed by atoms with E-state index in [0.29, 0.717) is 17.6 Å². The Balaban J connectivity index is 1.36. The summed E-state index contributed by atoms with van der Waals surface area (Å²) < 4.78 is 5.14. The number of phenolic OH excluding ortho intramolecular Hbond substituents is 1. The van der Waals surface area contributed by atoms with E-state index in [-0.39, 0.29) is 5.75 Å². The van der Waals surface area contributed by atoms with Crippen LogP contribution in [0.25, 0.3) is 0 Å². The highest BCUT2D eigenvalue weighted by Crippen LogP contribution is 2.38. The fraction of sp³-hybridized carbons (Fsp3) is 0.565. The molecule has 1 N–H and O–H groups in total. The van der Waals surface area contributed by atoms with Gasteiger partial charge in [0.25, 0.3) is 0 Å². The number of aryl methyl sites for hydroxylation is 1. The van der Waals surface area contributed by atoms with Gasteiger partial charge in [0.2, 0.25) is 5.95 Å². The van der Waals surface area contributed by atoms with Crippen molar-refractivity contribution in [1.82, 2.24) is 9.97 Å². The minimum absolute atomic E-state index is 0.233. The van der Waals surface area contributed by atoms with Gasteiger partial charge in [-0.15, -0.1) is 0 Å². The second kappa shape index (κ2) is 8.80. The molecule has 4 rings (SSSR count). The van der Waals surface area contributed by atoms with Crippen molar-refractivity contribution in [2.45, 2.75) is 57.3 Å². The van der Waals surface area contributed by atoms with Crippen LogP contribution >= 0.6 is 0 Å². The summed E-state index contributed by atoms with van der Waals surface area (Å²) in [6.45, 7) is 2.18. The van der Waals surface area contributed by atoms with Crippen molar-refractivity contribution in [3.63, 3.8) is 0 Å². The highest BCUT2D eigenvalue weighted by atomic mass is 16.5. The highest BCUT2D eigenvalue weighted by Gasteiger charge is 2.25. The molecule has 1 aliphatic heterocycles. The average Bonchev–Trinajstić information content (AvgIpc) is 3.28. The maximum Gasteiger partial charge on any atom is 0.225 e. The zero-order chi connectivity index (χ0) is 19.3. The van der Waals surface area contributed by atoms with Crippen molar-refractivity contribution in [2.24, 2.45) is 5.92 Å². The first kappa shape index (κ1) is 19.0. The van der Waals surface area contributed by atoms with Crippen molar-refractivity contribution in [3.8, 4) is 11.5 Å². The van der Waals surface area contributed by atoms with E-state index in [2.05, 4.69) is 22.0 Å². The number of nitrogens with zero attached hydrogens (tertiary/aromatic N) is 3. The first-order valence-corrected chi connectivity index (χ1v) is 10.7. The molecule has 1 aromatic heterocycles. The minimum Gasteiger partial charge on any atom is -0.504 e. The Kier molecular flexibility index (Phi) is 5.98. The lowest BCUT2D eigenvalue weighted by Gasteiger charge is -2.29. The van der Waals surface area contributed by atoms with E-state index in [4.69, 9.17) is 9.72 Å². The van der Waals surface area contributed by atoms with E-state index in [1.165, 1.54) is 49.8 Å². The molecule has 1 aliphatic carbocycles. The van der Waals surface area contributed by atoms with Crippen LogP contribution in [0.1, 0.15) is 62.1 Å². The van der Waals surface area contributed by atoms with Crippen molar-refractivity contribution in [1.29, 1.82) is 0 Å². The van der Waals surface area contributed by atoms with Gasteiger partial charge in [-0.05, 0) is 68.2 Å². The van der Waals surface area contributed by atoms with Gasteiger partial charge in [0.05, 0.1) is 7.11 Å². The van der Waals surface area contributed by atoms with Gasteiger partial charge >= 0.3 is 0 Å². The predicted molar refractivity (Wildman–Crippen MR) is 111 cm³/mol. The molecule has 0 spiro atoms. The van der Waals surface area contributed by atoms with Crippen molar-refractivity contribution < 1.29 is 9.84 Å². The predicted octanol–water partition coefficient (Wildman–Crippen LogP) is 4.70. The Hall–Kier alpha value is -2.30. The molecular formula is C23H31N3O2. The first-order chi connectivity index (χ1) is 13.7. The summed E-state index contributed by atoms with van der Waals surface area (Å²) in [5, 5.41) is 9.99. The van der Waals surface area contributed by atoms with Crippen LogP contribution in [0.15, 0.2) is 30.5 Å².